The summed E-state index contributed by atoms with van der Waals surface area (Å²) in [5.74, 6) is -1.59. The lowest BCUT2D eigenvalue weighted by molar-refractivity contribution is -0.116. The number of benzene rings is 1. The molecule has 0 aliphatic carbocycles. The number of hydrogen-bond donors (Lipinski definition) is 0. The van der Waals surface area contributed by atoms with E-state index in [9.17, 15) is 22.8 Å². The first-order valence-corrected chi connectivity index (χ1v) is 8.91. The van der Waals surface area contributed by atoms with E-state index in [2.05, 4.69) is 0 Å². The Kier molecular flexibility index (Phi) is 5.82. The van der Waals surface area contributed by atoms with E-state index in [4.69, 9.17) is 4.74 Å². The Morgan fingerprint density at radius 1 is 1.17 bits per heavy atom. The molecule has 1 aromatic carbocycles. The first-order valence-electron chi connectivity index (χ1n) is 7.02. The van der Waals surface area contributed by atoms with Crippen LogP contribution in [-0.2, 0) is 19.4 Å². The lowest BCUT2D eigenvalue weighted by Gasteiger charge is -2.15. The number of Topliss-reactive ketones (excluding diaryl/α,β-unsaturated/α-hetero) is 2. The van der Waals surface area contributed by atoms with Crippen molar-refractivity contribution < 1.29 is 27.5 Å². The Bertz CT molecular complexity index is 759. The van der Waals surface area contributed by atoms with Crippen molar-refractivity contribution in [2.45, 2.75) is 45.1 Å². The van der Waals surface area contributed by atoms with Crippen LogP contribution in [0.2, 0.25) is 0 Å². The Morgan fingerprint density at radius 2 is 1.74 bits per heavy atom. The molecule has 0 saturated carbocycles. The SMILES string of the molecule is CC(=O)CC(=O)c1ccc(S(C)(=O)=O)c(C(=O)OC(C)C)c1C. The third-order valence-corrected chi connectivity index (χ3v) is 4.22. The topological polar surface area (TPSA) is 94.6 Å². The number of ether oxygens (including phenoxy) is 1. The van der Waals surface area contributed by atoms with Crippen LogP contribution in [0.1, 0.15) is 53.5 Å². The monoisotopic (exact) mass is 340 g/mol. The van der Waals surface area contributed by atoms with Crippen molar-refractivity contribution in [3.63, 3.8) is 0 Å². The van der Waals surface area contributed by atoms with E-state index in [1.54, 1.807) is 13.8 Å². The molecule has 0 heterocycles. The van der Waals surface area contributed by atoms with Crippen molar-refractivity contribution in [3.05, 3.63) is 28.8 Å². The smallest absolute Gasteiger partial charge is 0.340 e. The van der Waals surface area contributed by atoms with Gasteiger partial charge in [-0.1, -0.05) is 0 Å². The summed E-state index contributed by atoms with van der Waals surface area (Å²) in [5, 5.41) is 0. The second-order valence-electron chi connectivity index (χ2n) is 5.64. The highest BCUT2D eigenvalue weighted by Gasteiger charge is 2.26. The van der Waals surface area contributed by atoms with E-state index >= 15 is 0 Å². The third-order valence-electron chi connectivity index (χ3n) is 3.08. The van der Waals surface area contributed by atoms with Crippen LogP contribution in [-0.4, -0.2) is 38.3 Å². The highest BCUT2D eigenvalue weighted by Crippen LogP contribution is 2.25. The van der Waals surface area contributed by atoms with Crippen LogP contribution in [0.5, 0.6) is 0 Å². The number of carbonyl (C=O) groups excluding carboxylic acids is 3. The average Bonchev–Trinajstić information content (AvgIpc) is 2.34. The van der Waals surface area contributed by atoms with Crippen molar-refractivity contribution >= 4 is 27.4 Å². The lowest BCUT2D eigenvalue weighted by atomic mass is 9.97. The summed E-state index contributed by atoms with van der Waals surface area (Å²) in [4.78, 5) is 35.3. The molecule has 0 amide bonds. The summed E-state index contributed by atoms with van der Waals surface area (Å²) < 4.78 is 28.9. The van der Waals surface area contributed by atoms with Gasteiger partial charge in [0.15, 0.2) is 15.6 Å². The van der Waals surface area contributed by atoms with Crippen LogP contribution in [0.15, 0.2) is 17.0 Å². The summed E-state index contributed by atoms with van der Waals surface area (Å²) in [6.07, 6.45) is 0.230. The first kappa shape index (κ1) is 19.0. The molecule has 0 atom stereocenters. The molecule has 0 aliphatic heterocycles. The van der Waals surface area contributed by atoms with E-state index in [0.29, 0.717) is 0 Å². The summed E-state index contributed by atoms with van der Waals surface area (Å²) in [7, 11) is -3.68. The molecule has 0 radical (unpaired) electrons. The van der Waals surface area contributed by atoms with Gasteiger partial charge in [-0.25, -0.2) is 13.2 Å². The van der Waals surface area contributed by atoms with Gasteiger partial charge in [0.05, 0.1) is 23.0 Å². The van der Waals surface area contributed by atoms with Crippen molar-refractivity contribution in [1.29, 1.82) is 0 Å². The summed E-state index contributed by atoms with van der Waals surface area (Å²) in [6.45, 7) is 6.03. The van der Waals surface area contributed by atoms with Gasteiger partial charge in [0.25, 0.3) is 0 Å². The van der Waals surface area contributed by atoms with Gasteiger partial charge in [-0.2, -0.15) is 0 Å². The van der Waals surface area contributed by atoms with E-state index in [1.165, 1.54) is 26.0 Å². The van der Waals surface area contributed by atoms with E-state index in [0.717, 1.165) is 6.26 Å². The Balaban J connectivity index is 3.56. The second-order valence-corrected chi connectivity index (χ2v) is 7.62. The zero-order valence-corrected chi connectivity index (χ0v) is 14.6. The second kappa shape index (κ2) is 7.04. The molecule has 0 bridgehead atoms. The number of sulfone groups is 1. The van der Waals surface area contributed by atoms with Crippen LogP contribution in [0.25, 0.3) is 0 Å². The molecule has 1 aromatic rings. The Hall–Kier alpha value is -2.02. The molecule has 0 unspecified atom stereocenters. The van der Waals surface area contributed by atoms with Crippen molar-refractivity contribution in [1.82, 2.24) is 0 Å². The maximum absolute atomic E-state index is 12.3. The van der Waals surface area contributed by atoms with Gasteiger partial charge in [0.1, 0.15) is 5.78 Å². The number of ketones is 2. The Labute approximate surface area is 135 Å². The predicted molar refractivity (Wildman–Crippen MR) is 84.5 cm³/mol. The number of hydrogen-bond acceptors (Lipinski definition) is 6. The molecule has 0 aliphatic rings. The number of carbonyl (C=O) groups is 3. The molecule has 7 heteroatoms. The molecule has 126 valence electrons. The first-order chi connectivity index (χ1) is 10.4. The van der Waals surface area contributed by atoms with Gasteiger partial charge >= 0.3 is 5.97 Å². The fraction of sp³-hybridized carbons (Fsp3) is 0.438. The standard InChI is InChI=1S/C16H20O6S/c1-9(2)22-16(19)15-11(4)12(13(18)8-10(3)17)6-7-14(15)23(5,20)21/h6-7,9H,8H2,1-5H3. The largest absolute Gasteiger partial charge is 0.459 e. The van der Waals surface area contributed by atoms with Gasteiger partial charge < -0.3 is 4.74 Å². The van der Waals surface area contributed by atoms with Gasteiger partial charge in [0, 0.05) is 11.8 Å². The minimum Gasteiger partial charge on any atom is -0.459 e. The average molecular weight is 340 g/mol. The van der Waals surface area contributed by atoms with E-state index in [-0.39, 0.29) is 33.8 Å². The van der Waals surface area contributed by atoms with Crippen LogP contribution in [0.3, 0.4) is 0 Å². The zero-order chi connectivity index (χ0) is 17.9. The van der Waals surface area contributed by atoms with Crippen LogP contribution in [0, 0.1) is 6.92 Å². The van der Waals surface area contributed by atoms with Crippen LogP contribution in [0.4, 0.5) is 0 Å². The van der Waals surface area contributed by atoms with E-state index < -0.39 is 27.7 Å². The number of rotatable bonds is 6. The Morgan fingerprint density at radius 3 is 2.17 bits per heavy atom. The molecule has 0 spiro atoms. The van der Waals surface area contributed by atoms with Crippen molar-refractivity contribution in [2.75, 3.05) is 6.26 Å². The molecule has 0 fully saturated rings. The molecular formula is C16H20O6S. The zero-order valence-electron chi connectivity index (χ0n) is 13.8. The highest BCUT2D eigenvalue weighted by atomic mass is 32.2. The van der Waals surface area contributed by atoms with Crippen LogP contribution < -0.4 is 0 Å². The molecular weight excluding hydrogens is 320 g/mol. The molecule has 0 N–H and O–H groups in total. The van der Waals surface area contributed by atoms with Gasteiger partial charge in [-0.15, -0.1) is 0 Å². The summed E-state index contributed by atoms with van der Waals surface area (Å²) in [6, 6.07) is 2.52. The van der Waals surface area contributed by atoms with Crippen LogP contribution >= 0.6 is 0 Å². The molecule has 0 saturated heterocycles. The molecule has 0 aromatic heterocycles. The number of esters is 1. The quantitative estimate of drug-likeness (QED) is 0.447. The highest BCUT2D eigenvalue weighted by molar-refractivity contribution is 7.90. The fourth-order valence-electron chi connectivity index (χ4n) is 2.15. The molecule has 23 heavy (non-hydrogen) atoms. The minimum atomic E-state index is -3.68. The minimum absolute atomic E-state index is 0.142. The van der Waals surface area contributed by atoms with Gasteiger partial charge in [-0.05, 0) is 45.4 Å². The molecule has 6 nitrogen and oxygen atoms in total. The van der Waals surface area contributed by atoms with E-state index in [1.807, 2.05) is 0 Å². The normalized spacial score (nSPS) is 11.4. The van der Waals surface area contributed by atoms with Gasteiger partial charge in [0.2, 0.25) is 0 Å². The summed E-state index contributed by atoms with van der Waals surface area (Å²) >= 11 is 0. The fourth-order valence-corrected chi connectivity index (χ4v) is 3.07. The van der Waals surface area contributed by atoms with Gasteiger partial charge in [-0.3, -0.25) is 9.59 Å². The maximum Gasteiger partial charge on any atom is 0.340 e. The predicted octanol–water partition coefficient (Wildman–Crippen LogP) is 2.13. The lowest BCUT2D eigenvalue weighted by Crippen LogP contribution is -2.19. The van der Waals surface area contributed by atoms with Crippen molar-refractivity contribution in [3.8, 4) is 0 Å². The third kappa shape index (κ3) is 4.72. The van der Waals surface area contributed by atoms with Crippen molar-refractivity contribution in [2.24, 2.45) is 0 Å². The summed E-state index contributed by atoms with van der Waals surface area (Å²) in [5.41, 5.74) is 0.184. The molecule has 1 rings (SSSR count). The maximum atomic E-state index is 12.3.